The quantitative estimate of drug-likeness (QED) is 0.834. The summed E-state index contributed by atoms with van der Waals surface area (Å²) in [6.07, 6.45) is 0.614. The largest absolute Gasteiger partial charge is 0.372 e. The van der Waals surface area contributed by atoms with Gasteiger partial charge in [-0.1, -0.05) is 13.8 Å². The number of anilines is 2. The Labute approximate surface area is 98.2 Å². The molecule has 1 aliphatic heterocycles. The third kappa shape index (κ3) is 2.38. The van der Waals surface area contributed by atoms with Crippen LogP contribution in [0.25, 0.3) is 0 Å². The van der Waals surface area contributed by atoms with Crippen molar-refractivity contribution in [3.63, 3.8) is 0 Å². The van der Waals surface area contributed by atoms with Gasteiger partial charge in [0.15, 0.2) is 5.82 Å². The van der Waals surface area contributed by atoms with Crippen LogP contribution in [0.15, 0.2) is 12.1 Å². The van der Waals surface area contributed by atoms with E-state index in [1.165, 1.54) is 6.07 Å². The fourth-order valence-corrected chi connectivity index (χ4v) is 1.92. The summed E-state index contributed by atoms with van der Waals surface area (Å²) >= 11 is 0. The average Bonchev–Trinajstić information content (AvgIpc) is 2.20. The van der Waals surface area contributed by atoms with Gasteiger partial charge in [-0.2, -0.15) is 0 Å². The lowest BCUT2D eigenvalue weighted by Crippen LogP contribution is -2.40. The van der Waals surface area contributed by atoms with E-state index in [0.717, 1.165) is 6.07 Å². The number of carbonyl (C=O) groups excluding carboxylic acids is 1. The zero-order valence-corrected chi connectivity index (χ0v) is 9.68. The van der Waals surface area contributed by atoms with Crippen molar-refractivity contribution in [2.24, 2.45) is 5.92 Å². The molecule has 1 aromatic rings. The molecule has 0 fully saturated rings. The van der Waals surface area contributed by atoms with Crippen molar-refractivity contribution in [1.29, 1.82) is 0 Å². The first kappa shape index (κ1) is 11.8. The number of benzene rings is 1. The third-order valence-electron chi connectivity index (χ3n) is 2.66. The number of carbonyl (C=O) groups is 1. The van der Waals surface area contributed by atoms with Gasteiger partial charge in [-0.3, -0.25) is 4.79 Å². The molecule has 17 heavy (non-hydrogen) atoms. The van der Waals surface area contributed by atoms with Gasteiger partial charge in [0.25, 0.3) is 0 Å². The van der Waals surface area contributed by atoms with Crippen molar-refractivity contribution in [2.75, 3.05) is 10.6 Å². The molecular weight excluding hydrogens is 226 g/mol. The van der Waals surface area contributed by atoms with Crippen LogP contribution in [-0.2, 0) is 4.79 Å². The lowest BCUT2D eigenvalue weighted by Gasteiger charge is -2.28. The van der Waals surface area contributed by atoms with Crippen molar-refractivity contribution >= 4 is 17.3 Å². The first-order valence-electron chi connectivity index (χ1n) is 5.54. The third-order valence-corrected chi connectivity index (χ3v) is 2.66. The van der Waals surface area contributed by atoms with E-state index in [4.69, 9.17) is 0 Å². The molecule has 0 saturated carbocycles. The fourth-order valence-electron chi connectivity index (χ4n) is 1.92. The summed E-state index contributed by atoms with van der Waals surface area (Å²) < 4.78 is 26.4. The highest BCUT2D eigenvalue weighted by atomic mass is 19.1. The van der Waals surface area contributed by atoms with E-state index >= 15 is 0 Å². The van der Waals surface area contributed by atoms with Gasteiger partial charge in [0.1, 0.15) is 17.5 Å². The number of hydrogen-bond acceptors (Lipinski definition) is 2. The fraction of sp³-hybridized carbons (Fsp3) is 0.417. The second kappa shape index (κ2) is 4.31. The van der Waals surface area contributed by atoms with Crippen LogP contribution in [0.1, 0.15) is 20.3 Å². The van der Waals surface area contributed by atoms with Crippen molar-refractivity contribution < 1.29 is 13.6 Å². The number of amides is 1. The van der Waals surface area contributed by atoms with Gasteiger partial charge in [-0.15, -0.1) is 0 Å². The molecule has 2 N–H and O–H groups in total. The number of hydrogen-bond donors (Lipinski definition) is 2. The van der Waals surface area contributed by atoms with Gasteiger partial charge in [-0.25, -0.2) is 8.78 Å². The summed E-state index contributed by atoms with van der Waals surface area (Å²) in [5.74, 6) is -1.38. The number of rotatable bonds is 2. The maximum absolute atomic E-state index is 13.4. The molecule has 1 amide bonds. The molecule has 1 unspecified atom stereocenters. The van der Waals surface area contributed by atoms with E-state index in [1.807, 2.05) is 13.8 Å². The maximum atomic E-state index is 13.4. The zero-order chi connectivity index (χ0) is 12.6. The van der Waals surface area contributed by atoms with E-state index < -0.39 is 17.7 Å². The van der Waals surface area contributed by atoms with Crippen molar-refractivity contribution in [1.82, 2.24) is 0 Å². The van der Waals surface area contributed by atoms with Crippen LogP contribution in [0.5, 0.6) is 0 Å². The molecular formula is C12H14F2N2O. The highest BCUT2D eigenvalue weighted by molar-refractivity contribution is 6.03. The minimum atomic E-state index is -0.760. The normalized spacial score (nSPS) is 18.6. The number of nitrogens with one attached hydrogen (secondary N) is 2. The van der Waals surface area contributed by atoms with Gasteiger partial charge >= 0.3 is 0 Å². The Morgan fingerprint density at radius 2 is 2.06 bits per heavy atom. The molecule has 0 spiro atoms. The Morgan fingerprint density at radius 1 is 1.35 bits per heavy atom. The summed E-state index contributed by atoms with van der Waals surface area (Å²) in [6, 6.07) is 1.50. The summed E-state index contributed by atoms with van der Waals surface area (Å²) in [5, 5.41) is 5.34. The Hall–Kier alpha value is -1.65. The average molecular weight is 240 g/mol. The summed E-state index contributed by atoms with van der Waals surface area (Å²) in [5.41, 5.74) is 0.323. The van der Waals surface area contributed by atoms with E-state index in [0.29, 0.717) is 18.0 Å². The molecule has 2 rings (SSSR count). The second-order valence-electron chi connectivity index (χ2n) is 4.63. The van der Waals surface area contributed by atoms with Crippen LogP contribution in [0, 0.1) is 17.6 Å². The van der Waals surface area contributed by atoms with Crippen LogP contribution in [0.3, 0.4) is 0 Å². The van der Waals surface area contributed by atoms with Crippen LogP contribution >= 0.6 is 0 Å². The minimum Gasteiger partial charge on any atom is -0.372 e. The highest BCUT2D eigenvalue weighted by Crippen LogP contribution is 2.31. The maximum Gasteiger partial charge on any atom is 0.247 e. The summed E-state index contributed by atoms with van der Waals surface area (Å²) in [6.45, 7) is 3.97. The molecule has 1 aliphatic rings. The highest BCUT2D eigenvalue weighted by Gasteiger charge is 2.28. The van der Waals surface area contributed by atoms with Crippen LogP contribution in [0.4, 0.5) is 20.2 Å². The van der Waals surface area contributed by atoms with Crippen molar-refractivity contribution in [3.8, 4) is 0 Å². The lowest BCUT2D eigenvalue weighted by atomic mass is 10.0. The molecule has 0 aliphatic carbocycles. The second-order valence-corrected chi connectivity index (χ2v) is 4.63. The molecule has 0 saturated heterocycles. The summed E-state index contributed by atoms with van der Waals surface area (Å²) in [4.78, 5) is 11.7. The molecule has 1 atom stereocenters. The standard InChI is InChI=1S/C12H14F2N2O/c1-6(2)3-10-12(17)16-11-8(14)4-7(13)5-9(11)15-10/h4-6,10,15H,3H2,1-2H3,(H,16,17). The first-order chi connectivity index (χ1) is 7.97. The molecule has 5 heteroatoms. The van der Waals surface area contributed by atoms with E-state index in [2.05, 4.69) is 10.6 Å². The van der Waals surface area contributed by atoms with Crippen LogP contribution < -0.4 is 10.6 Å². The van der Waals surface area contributed by atoms with Gasteiger partial charge < -0.3 is 10.6 Å². The molecule has 1 aromatic carbocycles. The van der Waals surface area contributed by atoms with Crippen molar-refractivity contribution in [2.45, 2.75) is 26.3 Å². The Balaban J connectivity index is 2.31. The van der Waals surface area contributed by atoms with Gasteiger partial charge in [0.2, 0.25) is 5.91 Å². The van der Waals surface area contributed by atoms with E-state index in [-0.39, 0.29) is 11.6 Å². The molecule has 0 radical (unpaired) electrons. The minimum absolute atomic E-state index is 0.0245. The van der Waals surface area contributed by atoms with E-state index in [9.17, 15) is 13.6 Å². The molecule has 0 aromatic heterocycles. The number of halogens is 2. The Kier molecular flexibility index (Phi) is 3.00. The molecule has 3 nitrogen and oxygen atoms in total. The van der Waals surface area contributed by atoms with Crippen molar-refractivity contribution in [3.05, 3.63) is 23.8 Å². The molecule has 1 heterocycles. The lowest BCUT2D eigenvalue weighted by molar-refractivity contribution is -0.117. The van der Waals surface area contributed by atoms with Gasteiger partial charge in [0.05, 0.1) is 5.69 Å². The first-order valence-corrected chi connectivity index (χ1v) is 5.54. The zero-order valence-electron chi connectivity index (χ0n) is 9.68. The van der Waals surface area contributed by atoms with Gasteiger partial charge in [0, 0.05) is 6.07 Å². The van der Waals surface area contributed by atoms with Crippen LogP contribution in [0.2, 0.25) is 0 Å². The SMILES string of the molecule is CC(C)CC1Nc2cc(F)cc(F)c2NC1=O. The predicted molar refractivity (Wildman–Crippen MR) is 61.9 cm³/mol. The Bertz CT molecular complexity index is 460. The Morgan fingerprint density at radius 3 is 2.71 bits per heavy atom. The summed E-state index contributed by atoms with van der Waals surface area (Å²) in [7, 11) is 0. The smallest absolute Gasteiger partial charge is 0.247 e. The topological polar surface area (TPSA) is 41.1 Å². The van der Waals surface area contributed by atoms with Crippen LogP contribution in [-0.4, -0.2) is 11.9 Å². The monoisotopic (exact) mass is 240 g/mol. The molecule has 92 valence electrons. The van der Waals surface area contributed by atoms with Gasteiger partial charge in [-0.05, 0) is 18.4 Å². The predicted octanol–water partition coefficient (Wildman–Crippen LogP) is 2.74. The van der Waals surface area contributed by atoms with E-state index in [1.54, 1.807) is 0 Å². The number of fused-ring (bicyclic) bond motifs is 1. The molecule has 0 bridgehead atoms.